The van der Waals surface area contributed by atoms with E-state index in [0.717, 1.165) is 18.7 Å². The lowest BCUT2D eigenvalue weighted by Crippen LogP contribution is -2.24. The third kappa shape index (κ3) is 5.84. The van der Waals surface area contributed by atoms with Crippen LogP contribution in [0.5, 0.6) is 0 Å². The van der Waals surface area contributed by atoms with Gasteiger partial charge in [0.25, 0.3) is 5.91 Å². The number of carbonyl (C=O) groups is 1. The van der Waals surface area contributed by atoms with Gasteiger partial charge in [-0.2, -0.15) is 0 Å². The van der Waals surface area contributed by atoms with Gasteiger partial charge in [-0.15, -0.1) is 0 Å². The quantitative estimate of drug-likeness (QED) is 0.811. The molecular weight excluding hydrogens is 314 g/mol. The van der Waals surface area contributed by atoms with Crippen molar-refractivity contribution in [2.45, 2.75) is 6.54 Å². The van der Waals surface area contributed by atoms with Crippen molar-refractivity contribution < 1.29 is 4.79 Å². The molecular formula is C16H20ClN5O. The molecule has 2 aromatic rings. The van der Waals surface area contributed by atoms with Gasteiger partial charge in [0.1, 0.15) is 0 Å². The van der Waals surface area contributed by atoms with Crippen LogP contribution in [0.15, 0.2) is 36.7 Å². The zero-order valence-electron chi connectivity index (χ0n) is 13.2. The second kappa shape index (κ2) is 8.45. The van der Waals surface area contributed by atoms with E-state index in [1.54, 1.807) is 12.1 Å². The average molecular weight is 334 g/mol. The standard InChI is InChI=1S/C16H20ClN5O/c1-22(2)8-7-18-16-20-10-13(11-21-16)15(23)19-9-12-3-5-14(17)6-4-12/h3-6,10-11H,7-9H2,1-2H3,(H,19,23)(H,18,20,21). The molecule has 122 valence electrons. The summed E-state index contributed by atoms with van der Waals surface area (Å²) in [6.07, 6.45) is 3.03. The molecule has 0 spiro atoms. The van der Waals surface area contributed by atoms with Crippen LogP contribution in [-0.4, -0.2) is 48.0 Å². The molecule has 1 amide bonds. The van der Waals surface area contributed by atoms with Crippen LogP contribution in [-0.2, 0) is 6.54 Å². The van der Waals surface area contributed by atoms with Crippen molar-refractivity contribution >= 4 is 23.5 Å². The van der Waals surface area contributed by atoms with Crippen molar-refractivity contribution in [3.63, 3.8) is 0 Å². The van der Waals surface area contributed by atoms with Crippen molar-refractivity contribution in [2.24, 2.45) is 0 Å². The number of anilines is 1. The molecule has 1 aromatic heterocycles. The van der Waals surface area contributed by atoms with E-state index in [0.29, 0.717) is 23.1 Å². The Kier molecular flexibility index (Phi) is 6.31. The highest BCUT2D eigenvalue weighted by Crippen LogP contribution is 2.09. The van der Waals surface area contributed by atoms with Gasteiger partial charge in [-0.1, -0.05) is 23.7 Å². The Hall–Kier alpha value is -2.18. The summed E-state index contributed by atoms with van der Waals surface area (Å²) in [6.45, 7) is 2.06. The first-order valence-electron chi connectivity index (χ1n) is 7.28. The zero-order valence-corrected chi connectivity index (χ0v) is 14.0. The summed E-state index contributed by atoms with van der Waals surface area (Å²) >= 11 is 5.83. The average Bonchev–Trinajstić information content (AvgIpc) is 2.54. The minimum absolute atomic E-state index is 0.209. The number of likely N-dealkylation sites (N-methyl/N-ethyl adjacent to an activating group) is 1. The first-order valence-corrected chi connectivity index (χ1v) is 7.65. The number of hydrogen-bond acceptors (Lipinski definition) is 5. The number of benzene rings is 1. The number of halogens is 1. The van der Waals surface area contributed by atoms with Crippen LogP contribution < -0.4 is 10.6 Å². The summed E-state index contributed by atoms with van der Waals surface area (Å²) in [5.41, 5.74) is 1.41. The summed E-state index contributed by atoms with van der Waals surface area (Å²) in [7, 11) is 3.99. The minimum atomic E-state index is -0.209. The summed E-state index contributed by atoms with van der Waals surface area (Å²) in [4.78, 5) is 22.4. The highest BCUT2D eigenvalue weighted by atomic mass is 35.5. The Morgan fingerprint density at radius 3 is 2.43 bits per heavy atom. The fourth-order valence-electron chi connectivity index (χ4n) is 1.81. The Bertz CT molecular complexity index is 628. The molecule has 1 heterocycles. The second-order valence-corrected chi connectivity index (χ2v) is 5.77. The SMILES string of the molecule is CN(C)CCNc1ncc(C(=O)NCc2ccc(Cl)cc2)cn1. The predicted octanol–water partition coefficient (Wildman–Crippen LogP) is 2.03. The van der Waals surface area contributed by atoms with E-state index in [1.165, 1.54) is 12.4 Å². The molecule has 0 saturated carbocycles. The molecule has 23 heavy (non-hydrogen) atoms. The number of rotatable bonds is 7. The van der Waals surface area contributed by atoms with Crippen LogP contribution in [0.1, 0.15) is 15.9 Å². The fourth-order valence-corrected chi connectivity index (χ4v) is 1.94. The molecule has 0 aliphatic rings. The number of amides is 1. The third-order valence-corrected chi connectivity index (χ3v) is 3.37. The van der Waals surface area contributed by atoms with Crippen molar-refractivity contribution in [3.8, 4) is 0 Å². The smallest absolute Gasteiger partial charge is 0.254 e. The van der Waals surface area contributed by atoms with Crippen LogP contribution >= 0.6 is 11.6 Å². The zero-order chi connectivity index (χ0) is 16.7. The molecule has 1 aromatic carbocycles. The number of nitrogens with one attached hydrogen (secondary N) is 2. The highest BCUT2D eigenvalue weighted by Gasteiger charge is 2.07. The normalized spacial score (nSPS) is 10.6. The summed E-state index contributed by atoms with van der Waals surface area (Å²) in [5.74, 6) is 0.306. The van der Waals surface area contributed by atoms with Crippen LogP contribution in [0.25, 0.3) is 0 Å². The molecule has 0 unspecified atom stereocenters. The minimum Gasteiger partial charge on any atom is -0.353 e. The Balaban J connectivity index is 1.83. The van der Waals surface area contributed by atoms with Gasteiger partial charge in [-0.05, 0) is 31.8 Å². The van der Waals surface area contributed by atoms with Gasteiger partial charge < -0.3 is 15.5 Å². The van der Waals surface area contributed by atoms with Crippen molar-refractivity contribution in [3.05, 3.63) is 52.8 Å². The Morgan fingerprint density at radius 1 is 1.17 bits per heavy atom. The second-order valence-electron chi connectivity index (χ2n) is 5.33. The van der Waals surface area contributed by atoms with Gasteiger partial charge >= 0.3 is 0 Å². The molecule has 0 aliphatic carbocycles. The molecule has 0 radical (unpaired) electrons. The first-order chi connectivity index (χ1) is 11.0. The van der Waals surface area contributed by atoms with Crippen molar-refractivity contribution in [2.75, 3.05) is 32.5 Å². The number of aromatic nitrogens is 2. The maximum absolute atomic E-state index is 12.1. The summed E-state index contributed by atoms with van der Waals surface area (Å²) < 4.78 is 0. The van der Waals surface area contributed by atoms with Crippen LogP contribution in [0.3, 0.4) is 0 Å². The van der Waals surface area contributed by atoms with Gasteiger partial charge in [0, 0.05) is 37.1 Å². The van der Waals surface area contributed by atoms with E-state index in [2.05, 4.69) is 25.5 Å². The van der Waals surface area contributed by atoms with E-state index in [-0.39, 0.29) is 5.91 Å². The van der Waals surface area contributed by atoms with E-state index in [4.69, 9.17) is 11.6 Å². The molecule has 2 rings (SSSR count). The largest absolute Gasteiger partial charge is 0.353 e. The Morgan fingerprint density at radius 2 is 1.83 bits per heavy atom. The summed E-state index contributed by atoms with van der Waals surface area (Å²) in [5, 5.41) is 6.59. The van der Waals surface area contributed by atoms with Gasteiger partial charge in [0.2, 0.25) is 5.95 Å². The lowest BCUT2D eigenvalue weighted by atomic mass is 10.2. The lowest BCUT2D eigenvalue weighted by molar-refractivity contribution is 0.0950. The Labute approximate surface area is 140 Å². The molecule has 7 heteroatoms. The first kappa shape index (κ1) is 17.2. The molecule has 0 bridgehead atoms. The van der Waals surface area contributed by atoms with Crippen LogP contribution in [0.2, 0.25) is 5.02 Å². The van der Waals surface area contributed by atoms with Gasteiger partial charge in [-0.3, -0.25) is 4.79 Å². The topological polar surface area (TPSA) is 70.2 Å². The highest BCUT2D eigenvalue weighted by molar-refractivity contribution is 6.30. The number of hydrogen-bond donors (Lipinski definition) is 2. The maximum Gasteiger partial charge on any atom is 0.254 e. The lowest BCUT2D eigenvalue weighted by Gasteiger charge is -2.10. The molecule has 0 saturated heterocycles. The third-order valence-electron chi connectivity index (χ3n) is 3.12. The molecule has 0 aliphatic heterocycles. The van der Waals surface area contributed by atoms with E-state index < -0.39 is 0 Å². The number of nitrogens with zero attached hydrogens (tertiary/aromatic N) is 3. The summed E-state index contributed by atoms with van der Waals surface area (Å²) in [6, 6.07) is 7.33. The van der Waals surface area contributed by atoms with E-state index in [1.807, 2.05) is 26.2 Å². The predicted molar refractivity (Wildman–Crippen MR) is 91.7 cm³/mol. The monoisotopic (exact) mass is 333 g/mol. The molecule has 2 N–H and O–H groups in total. The van der Waals surface area contributed by atoms with Crippen LogP contribution in [0, 0.1) is 0 Å². The molecule has 0 fully saturated rings. The van der Waals surface area contributed by atoms with Gasteiger partial charge in [0.15, 0.2) is 0 Å². The fraction of sp³-hybridized carbons (Fsp3) is 0.312. The van der Waals surface area contributed by atoms with Crippen molar-refractivity contribution in [1.82, 2.24) is 20.2 Å². The van der Waals surface area contributed by atoms with E-state index >= 15 is 0 Å². The maximum atomic E-state index is 12.1. The van der Waals surface area contributed by atoms with Gasteiger partial charge in [0.05, 0.1) is 5.56 Å². The molecule has 6 nitrogen and oxygen atoms in total. The van der Waals surface area contributed by atoms with Crippen molar-refractivity contribution in [1.29, 1.82) is 0 Å². The van der Waals surface area contributed by atoms with E-state index in [9.17, 15) is 4.79 Å². The number of carbonyl (C=O) groups excluding carboxylic acids is 1. The van der Waals surface area contributed by atoms with Crippen LogP contribution in [0.4, 0.5) is 5.95 Å². The van der Waals surface area contributed by atoms with Gasteiger partial charge in [-0.25, -0.2) is 9.97 Å². The molecule has 0 atom stereocenters.